The molecule has 3 aromatic heterocycles. The van der Waals surface area contributed by atoms with Gasteiger partial charge in [0.15, 0.2) is 31.3 Å². The summed E-state index contributed by atoms with van der Waals surface area (Å²) in [6.07, 6.45) is 9.64. The molecule has 1 N–H and O–H groups in total. The van der Waals surface area contributed by atoms with E-state index in [0.717, 1.165) is 40.7 Å². The zero-order chi connectivity index (χ0) is 36.1. The maximum absolute atomic E-state index is 12.6. The average molecular weight is 725 g/mol. The minimum Gasteiger partial charge on any atom is -1.00 e. The molecule has 274 valence electrons. The Morgan fingerprint density at radius 2 is 1.33 bits per heavy atom. The second-order valence-electron chi connectivity index (χ2n) is 11.9. The number of phenols is 1. The van der Waals surface area contributed by atoms with Gasteiger partial charge in [0.2, 0.25) is 0 Å². The highest BCUT2D eigenvalue weighted by atomic mass is 19.4. The van der Waals surface area contributed by atoms with E-state index in [2.05, 4.69) is 51.4 Å². The number of benzene rings is 2. The first-order valence-electron chi connectivity index (χ1n) is 15.3. The normalized spacial score (nSPS) is 10.4. The van der Waals surface area contributed by atoms with Crippen molar-refractivity contribution in [3.63, 3.8) is 0 Å². The van der Waals surface area contributed by atoms with Gasteiger partial charge in [-0.1, -0.05) is 39.0 Å². The number of rotatable bonds is 9. The molecule has 0 aliphatic heterocycles. The van der Waals surface area contributed by atoms with Crippen molar-refractivity contribution in [2.75, 3.05) is 6.61 Å². The Hall–Kier alpha value is -5.02. The van der Waals surface area contributed by atoms with Crippen LogP contribution in [0.25, 0.3) is 27.8 Å². The highest BCUT2D eigenvalue weighted by Gasteiger charge is 2.23. The number of fused-ring (bicyclic) bond motifs is 1. The van der Waals surface area contributed by atoms with Gasteiger partial charge in [0.05, 0.1) is 6.61 Å². The van der Waals surface area contributed by atoms with E-state index in [1.165, 1.54) is 10.4 Å². The van der Waals surface area contributed by atoms with Crippen molar-refractivity contribution < 1.29 is 59.1 Å². The van der Waals surface area contributed by atoms with Crippen LogP contribution in [-0.2, 0) is 35.0 Å². The maximum Gasteiger partial charge on any atom is 0.762 e. The number of pyridine rings is 2. The summed E-state index contributed by atoms with van der Waals surface area (Å²) in [5.74, 6) is -0.0926. The van der Waals surface area contributed by atoms with E-state index >= 15 is 0 Å². The Labute approximate surface area is 290 Å². The molecule has 2 aromatic carbocycles. The highest BCUT2D eigenvalue weighted by Crippen LogP contribution is 2.36. The van der Waals surface area contributed by atoms with Gasteiger partial charge in [0, 0.05) is 42.7 Å². The van der Waals surface area contributed by atoms with Crippen LogP contribution in [0.4, 0.5) is 25.9 Å². The number of phenolic OH excluding ortho intramolecular Hbond substituents is 1. The topological polar surface area (TPSA) is 85.0 Å². The Balaban J connectivity index is 0.00000118. The molecule has 0 aliphatic rings. The van der Waals surface area contributed by atoms with Crippen molar-refractivity contribution in [3.8, 4) is 22.6 Å². The van der Waals surface area contributed by atoms with Crippen molar-refractivity contribution >= 4 is 32.1 Å². The number of aromatic nitrogens is 5. The standard InChI is InChI=1S/C33H36N5O3.2BF3.2FH/c1-33(2,3)27-22-24(23-30(32(27)40)38-34-28-8-5-6-9-29(28)35-38)10-11-31(39)41-21-7-16-37-19-14-26(15-20-37)25-12-17-36(4)18-13-25;2*2-1(3)4;;/h5-6,8-9,12-15,17-20,22-23H,7,10-11,16,21H2,1-4H3;;;2*1H/q+1;;;;/p-1. The van der Waals surface area contributed by atoms with Crippen molar-refractivity contribution in [1.29, 1.82) is 0 Å². The molecule has 0 bridgehead atoms. The molecule has 51 heavy (non-hydrogen) atoms. The molecule has 3 heterocycles. The maximum atomic E-state index is 12.6. The molecule has 0 saturated heterocycles. The smallest absolute Gasteiger partial charge is 0.762 e. The molecule has 0 unspecified atom stereocenters. The third-order valence-corrected chi connectivity index (χ3v) is 7.10. The van der Waals surface area contributed by atoms with Crippen LogP contribution < -0.4 is 18.5 Å². The number of esters is 1. The molecule has 0 amide bonds. The number of hydrogen-bond acceptors (Lipinski definition) is 5. The number of hydrogen-bond donors (Lipinski definition) is 1. The summed E-state index contributed by atoms with van der Waals surface area (Å²) >= 11 is 0. The molecule has 18 heteroatoms. The third kappa shape index (κ3) is 14.4. The van der Waals surface area contributed by atoms with E-state index in [1.807, 2.05) is 81.2 Å². The third-order valence-electron chi connectivity index (χ3n) is 7.10. The molecule has 5 aromatic rings. The van der Waals surface area contributed by atoms with Crippen LogP contribution in [0.15, 0.2) is 85.5 Å². The molecular formula is C33H37B2F8N5O3. The molecule has 0 atom stereocenters. The lowest BCUT2D eigenvalue weighted by atomic mass is 9.84. The van der Waals surface area contributed by atoms with Crippen molar-refractivity contribution in [1.82, 2.24) is 15.0 Å². The summed E-state index contributed by atoms with van der Waals surface area (Å²) in [6, 6.07) is 19.8. The quantitative estimate of drug-likeness (QED) is 0.0790. The molecule has 0 spiro atoms. The fraction of sp³-hybridized carbons (Fsp3) is 0.303. The van der Waals surface area contributed by atoms with E-state index in [9.17, 15) is 35.8 Å². The first kappa shape index (κ1) is 44.0. The van der Waals surface area contributed by atoms with Gasteiger partial charge in [0.1, 0.15) is 29.5 Å². The number of nitrogens with zero attached hydrogens (tertiary/aromatic N) is 5. The molecule has 0 aliphatic carbocycles. The number of carbonyl (C=O) groups excluding carboxylic acids is 1. The second-order valence-corrected chi connectivity index (χ2v) is 11.9. The van der Waals surface area contributed by atoms with Crippen molar-refractivity contribution in [3.05, 3.63) is 96.6 Å². The number of aromatic hydroxyl groups is 1. The molecule has 0 saturated carbocycles. The SMILES string of the molecule is C[n+]1ccc(-c2cc[n+](CCCOC(=O)CCc3cc(-n4nc5ccccc5n4)c(O)c(C(C)(C)C)c3)cc2)cc1.FB(F)F.FB(F)F.[F-].[F-]. The molecule has 5 rings (SSSR count). The van der Waals surface area contributed by atoms with Crippen LogP contribution >= 0.6 is 0 Å². The fourth-order valence-electron chi connectivity index (χ4n) is 4.76. The number of carbonyl (C=O) groups is 1. The highest BCUT2D eigenvalue weighted by molar-refractivity contribution is 6.33. The minimum atomic E-state index is -3.67. The Bertz CT molecular complexity index is 1750. The van der Waals surface area contributed by atoms with Crippen molar-refractivity contribution in [2.45, 2.75) is 52.0 Å². The van der Waals surface area contributed by atoms with Gasteiger partial charge in [-0.3, -0.25) is 30.7 Å². The summed E-state index contributed by atoms with van der Waals surface area (Å²) in [7, 11) is -5.33. The van der Waals surface area contributed by atoms with Crippen LogP contribution in [-0.4, -0.2) is 47.8 Å². The number of aryl methyl sites for hydroxylation is 3. The zero-order valence-electron chi connectivity index (χ0n) is 28.3. The summed E-state index contributed by atoms with van der Waals surface area (Å²) in [5, 5.41) is 20.2. The Kier molecular flexibility index (Phi) is 17.8. The van der Waals surface area contributed by atoms with E-state index in [0.29, 0.717) is 18.7 Å². The van der Waals surface area contributed by atoms with Crippen LogP contribution in [0.2, 0.25) is 0 Å². The lowest BCUT2D eigenvalue weighted by Crippen LogP contribution is -3.00. The fourth-order valence-corrected chi connectivity index (χ4v) is 4.76. The van der Waals surface area contributed by atoms with E-state index in [-0.39, 0.29) is 33.0 Å². The molecule has 8 nitrogen and oxygen atoms in total. The first-order valence-corrected chi connectivity index (χ1v) is 15.3. The monoisotopic (exact) mass is 725 g/mol. The van der Waals surface area contributed by atoms with Gasteiger partial charge < -0.3 is 19.3 Å². The predicted octanol–water partition coefficient (Wildman–Crippen LogP) is 0.536. The van der Waals surface area contributed by atoms with Crippen LogP contribution in [0.1, 0.15) is 44.7 Å². The van der Waals surface area contributed by atoms with Crippen LogP contribution in [0, 0.1) is 0 Å². The van der Waals surface area contributed by atoms with Crippen LogP contribution in [0.5, 0.6) is 5.75 Å². The van der Waals surface area contributed by atoms with E-state index in [4.69, 9.17) is 4.74 Å². The summed E-state index contributed by atoms with van der Waals surface area (Å²) in [4.78, 5) is 14.0. The van der Waals surface area contributed by atoms with Crippen molar-refractivity contribution in [2.24, 2.45) is 7.05 Å². The molecule has 0 radical (unpaired) electrons. The number of halogens is 8. The zero-order valence-corrected chi connectivity index (χ0v) is 28.3. The van der Waals surface area contributed by atoms with Gasteiger partial charge in [-0.05, 0) is 46.7 Å². The Morgan fingerprint density at radius 1 is 0.843 bits per heavy atom. The van der Waals surface area contributed by atoms with E-state index in [1.54, 1.807) is 0 Å². The Morgan fingerprint density at radius 3 is 1.82 bits per heavy atom. The van der Waals surface area contributed by atoms with Gasteiger partial charge in [-0.25, -0.2) is 9.13 Å². The van der Waals surface area contributed by atoms with Gasteiger partial charge in [0.25, 0.3) is 0 Å². The van der Waals surface area contributed by atoms with Gasteiger partial charge in [-0.15, -0.1) is 15.0 Å². The largest absolute Gasteiger partial charge is 1.00 e. The average Bonchev–Trinajstić information content (AvgIpc) is 3.46. The molecule has 0 fully saturated rings. The first-order chi connectivity index (χ1) is 23.1. The predicted molar refractivity (Wildman–Crippen MR) is 175 cm³/mol. The second kappa shape index (κ2) is 20.6. The summed E-state index contributed by atoms with van der Waals surface area (Å²) in [5.41, 5.74) is 5.73. The number of ether oxygens (including phenoxy) is 1. The minimum absolute atomic E-state index is 0. The van der Waals surface area contributed by atoms with Gasteiger partial charge in [-0.2, -0.15) is 0 Å². The lowest BCUT2D eigenvalue weighted by Gasteiger charge is -2.23. The summed E-state index contributed by atoms with van der Waals surface area (Å²) in [6.45, 7) is 7.26. The van der Waals surface area contributed by atoms with Crippen LogP contribution in [0.3, 0.4) is 0 Å². The van der Waals surface area contributed by atoms with E-state index < -0.39 is 15.1 Å². The molecular weight excluding hydrogens is 688 g/mol. The lowest BCUT2D eigenvalue weighted by molar-refractivity contribution is -0.697. The van der Waals surface area contributed by atoms with Gasteiger partial charge >= 0.3 is 21.1 Å². The summed E-state index contributed by atoms with van der Waals surface area (Å²) < 4.78 is 67.6.